The van der Waals surface area contributed by atoms with E-state index in [0.29, 0.717) is 26.1 Å². The van der Waals surface area contributed by atoms with Gasteiger partial charge in [0, 0.05) is 24.1 Å². The summed E-state index contributed by atoms with van der Waals surface area (Å²) in [5.41, 5.74) is 0.631. The molecule has 158 valence electrons. The van der Waals surface area contributed by atoms with Crippen molar-refractivity contribution in [2.75, 3.05) is 19.7 Å². The minimum Gasteiger partial charge on any atom is -0.479 e. The quantitative estimate of drug-likeness (QED) is 0.731. The average Bonchev–Trinajstić information content (AvgIpc) is 3.28. The lowest BCUT2D eigenvalue weighted by atomic mass is 9.86. The molecular weight excluding hydrogens is 393 g/mol. The molecule has 0 saturated carbocycles. The van der Waals surface area contributed by atoms with Crippen molar-refractivity contribution in [1.29, 1.82) is 0 Å². The number of carbonyl (C=O) groups excluding carboxylic acids is 1. The van der Waals surface area contributed by atoms with Gasteiger partial charge in [0.1, 0.15) is 6.61 Å². The van der Waals surface area contributed by atoms with E-state index in [4.69, 9.17) is 4.74 Å². The van der Waals surface area contributed by atoms with Gasteiger partial charge >= 0.3 is 6.18 Å². The monoisotopic (exact) mass is 416 g/mol. The number of hydrogen-bond donors (Lipinski definition) is 0. The van der Waals surface area contributed by atoms with Crippen molar-refractivity contribution in [1.82, 2.24) is 4.90 Å². The highest BCUT2D eigenvalue weighted by atomic mass is 19.4. The molecule has 2 atom stereocenters. The van der Waals surface area contributed by atoms with Crippen LogP contribution in [-0.4, -0.2) is 42.4 Å². The topological polar surface area (TPSA) is 41.9 Å². The maximum Gasteiger partial charge on any atom is 0.416 e. The second-order valence-electron chi connectivity index (χ2n) is 7.71. The fraction of sp³-hybridized carbons (Fsp3) is 0.391. The highest BCUT2D eigenvalue weighted by molar-refractivity contribution is 5.94. The second kappa shape index (κ2) is 8.50. The summed E-state index contributed by atoms with van der Waals surface area (Å²) >= 11 is 0. The largest absolute Gasteiger partial charge is 0.479 e. The van der Waals surface area contributed by atoms with E-state index >= 15 is 0 Å². The van der Waals surface area contributed by atoms with Gasteiger partial charge in [-0.3, -0.25) is 9.79 Å². The van der Waals surface area contributed by atoms with Gasteiger partial charge in [-0.15, -0.1) is 0 Å². The Labute approximate surface area is 173 Å². The Morgan fingerprint density at radius 2 is 1.83 bits per heavy atom. The van der Waals surface area contributed by atoms with Gasteiger partial charge in [0.25, 0.3) is 5.91 Å². The molecule has 0 aliphatic carbocycles. The van der Waals surface area contributed by atoms with Crippen molar-refractivity contribution >= 4 is 11.8 Å². The number of amides is 1. The van der Waals surface area contributed by atoms with Crippen LogP contribution in [0.25, 0.3) is 0 Å². The molecule has 2 aromatic carbocycles. The lowest BCUT2D eigenvalue weighted by Gasteiger charge is -2.39. The maximum absolute atomic E-state index is 13.2. The normalized spacial score (nSPS) is 21.8. The maximum atomic E-state index is 13.2. The lowest BCUT2D eigenvalue weighted by molar-refractivity contribution is -0.137. The van der Waals surface area contributed by atoms with E-state index in [0.717, 1.165) is 36.4 Å². The van der Waals surface area contributed by atoms with Gasteiger partial charge in [-0.2, -0.15) is 13.2 Å². The van der Waals surface area contributed by atoms with E-state index < -0.39 is 11.7 Å². The minimum absolute atomic E-state index is 0.0761. The summed E-state index contributed by atoms with van der Waals surface area (Å²) in [7, 11) is 0. The fourth-order valence-electron chi connectivity index (χ4n) is 4.19. The van der Waals surface area contributed by atoms with E-state index in [-0.39, 0.29) is 23.4 Å². The Morgan fingerprint density at radius 1 is 1.10 bits per heavy atom. The molecule has 2 aromatic rings. The van der Waals surface area contributed by atoms with Crippen LogP contribution in [0.1, 0.15) is 34.3 Å². The molecule has 2 unspecified atom stereocenters. The number of rotatable bonds is 4. The molecule has 2 aliphatic heterocycles. The van der Waals surface area contributed by atoms with Gasteiger partial charge < -0.3 is 9.64 Å². The van der Waals surface area contributed by atoms with Crippen LogP contribution in [0.15, 0.2) is 59.6 Å². The molecule has 0 aromatic heterocycles. The van der Waals surface area contributed by atoms with E-state index in [1.165, 1.54) is 12.1 Å². The summed E-state index contributed by atoms with van der Waals surface area (Å²) < 4.78 is 44.2. The number of piperidine rings is 1. The van der Waals surface area contributed by atoms with Gasteiger partial charge in [-0.1, -0.05) is 30.3 Å². The van der Waals surface area contributed by atoms with Crippen molar-refractivity contribution in [3.63, 3.8) is 0 Å². The predicted octanol–water partition coefficient (Wildman–Crippen LogP) is 4.60. The molecule has 7 heteroatoms. The summed E-state index contributed by atoms with van der Waals surface area (Å²) in [6.07, 6.45) is -2.29. The van der Waals surface area contributed by atoms with E-state index in [9.17, 15) is 18.0 Å². The zero-order valence-corrected chi connectivity index (χ0v) is 16.4. The molecule has 1 amide bonds. The number of carbonyl (C=O) groups is 1. The van der Waals surface area contributed by atoms with Gasteiger partial charge in [-0.25, -0.2) is 0 Å². The van der Waals surface area contributed by atoms with E-state index in [1.807, 2.05) is 30.3 Å². The number of likely N-dealkylation sites (tertiary alicyclic amines) is 1. The van der Waals surface area contributed by atoms with Gasteiger partial charge in [0.2, 0.25) is 0 Å². The Morgan fingerprint density at radius 3 is 2.47 bits per heavy atom. The first-order chi connectivity index (χ1) is 14.4. The van der Waals surface area contributed by atoms with E-state index in [1.54, 1.807) is 4.90 Å². The zero-order valence-electron chi connectivity index (χ0n) is 16.4. The molecule has 4 nitrogen and oxygen atoms in total. The molecule has 0 bridgehead atoms. The first kappa shape index (κ1) is 20.4. The SMILES string of the molecule is O=C(c1ccc(C(F)(F)F)cc1)N1CCC(C2=NCCO2)CC1Cc1ccccc1. The highest BCUT2D eigenvalue weighted by Gasteiger charge is 2.36. The molecule has 1 saturated heterocycles. The molecule has 2 heterocycles. The average molecular weight is 416 g/mol. The standard InChI is InChI=1S/C23H23F3N2O2/c24-23(25,26)19-8-6-17(7-9-19)22(29)28-12-10-18(21-27-11-13-30-21)15-20(28)14-16-4-2-1-3-5-16/h1-9,18,20H,10-15H2. The molecule has 1 fully saturated rings. The molecule has 0 radical (unpaired) electrons. The second-order valence-corrected chi connectivity index (χ2v) is 7.71. The van der Waals surface area contributed by atoms with Crippen LogP contribution < -0.4 is 0 Å². The van der Waals surface area contributed by atoms with Crippen LogP contribution >= 0.6 is 0 Å². The summed E-state index contributed by atoms with van der Waals surface area (Å²) in [5, 5.41) is 0. The predicted molar refractivity (Wildman–Crippen MR) is 107 cm³/mol. The zero-order chi connectivity index (χ0) is 21.1. The van der Waals surface area contributed by atoms with Crippen molar-refractivity contribution in [3.05, 3.63) is 71.3 Å². The van der Waals surface area contributed by atoms with Crippen LogP contribution in [0, 0.1) is 5.92 Å². The van der Waals surface area contributed by atoms with Crippen LogP contribution in [-0.2, 0) is 17.3 Å². The number of benzene rings is 2. The molecular formula is C23H23F3N2O2. The summed E-state index contributed by atoms with van der Waals surface area (Å²) in [6.45, 7) is 1.79. The van der Waals surface area contributed by atoms with Gasteiger partial charge in [0.05, 0.1) is 12.1 Å². The lowest BCUT2D eigenvalue weighted by Crippen LogP contribution is -2.48. The number of hydrogen-bond acceptors (Lipinski definition) is 3. The third-order valence-electron chi connectivity index (χ3n) is 5.71. The summed E-state index contributed by atoms with van der Waals surface area (Å²) in [4.78, 5) is 19.4. The fourth-order valence-corrected chi connectivity index (χ4v) is 4.19. The number of ether oxygens (including phenoxy) is 1. The summed E-state index contributed by atoms with van der Waals surface area (Å²) in [6, 6.07) is 14.3. The Bertz CT molecular complexity index is 910. The highest BCUT2D eigenvalue weighted by Crippen LogP contribution is 2.31. The molecule has 30 heavy (non-hydrogen) atoms. The Hall–Kier alpha value is -2.83. The van der Waals surface area contributed by atoms with Crippen molar-refractivity contribution in [2.24, 2.45) is 10.9 Å². The van der Waals surface area contributed by atoms with Gasteiger partial charge in [0.15, 0.2) is 5.90 Å². The number of nitrogens with zero attached hydrogens (tertiary/aromatic N) is 2. The third-order valence-corrected chi connectivity index (χ3v) is 5.71. The van der Waals surface area contributed by atoms with Crippen LogP contribution in [0.2, 0.25) is 0 Å². The molecule has 2 aliphatic rings. The van der Waals surface area contributed by atoms with Crippen LogP contribution in [0.4, 0.5) is 13.2 Å². The van der Waals surface area contributed by atoms with Crippen molar-refractivity contribution in [2.45, 2.75) is 31.5 Å². The smallest absolute Gasteiger partial charge is 0.416 e. The van der Waals surface area contributed by atoms with Crippen LogP contribution in [0.3, 0.4) is 0 Å². The van der Waals surface area contributed by atoms with Gasteiger partial charge in [-0.05, 0) is 49.1 Å². The van der Waals surface area contributed by atoms with Crippen LogP contribution in [0.5, 0.6) is 0 Å². The number of alkyl halides is 3. The Kier molecular flexibility index (Phi) is 5.79. The Balaban J connectivity index is 1.55. The molecule has 0 N–H and O–H groups in total. The summed E-state index contributed by atoms with van der Waals surface area (Å²) in [5.74, 6) is 0.699. The first-order valence-corrected chi connectivity index (χ1v) is 10.1. The first-order valence-electron chi connectivity index (χ1n) is 10.1. The minimum atomic E-state index is -4.42. The molecule has 4 rings (SSSR count). The van der Waals surface area contributed by atoms with E-state index in [2.05, 4.69) is 4.99 Å². The molecule has 0 spiro atoms. The van der Waals surface area contributed by atoms with Crippen molar-refractivity contribution < 1.29 is 22.7 Å². The number of halogens is 3. The number of aliphatic imine (C=N–C) groups is 1. The van der Waals surface area contributed by atoms with Crippen molar-refractivity contribution in [3.8, 4) is 0 Å². The third kappa shape index (κ3) is 4.50.